The fourth-order valence-electron chi connectivity index (χ4n) is 10.4. The SMILES string of the molecule is CCC(=O)[C@H](C)NC(=O)[C@@H](NC(=O)[C@@H](CCCCCNC(=O)COC1CCCCCc2c1nnn2CCOCCOCCOCCOCCOCCP(=O)(O)O)NC(=O)CCOCCOCCOCCOCCNC(=O)CCC(=O)N1Cc2ccccc2C#Cc2ccccc21)C(C)C. The molecule has 6 amide bonds. The first-order valence-electron chi connectivity index (χ1n) is 34.7. The molecule has 2 aromatic carbocycles. The predicted molar refractivity (Wildman–Crippen MR) is 365 cm³/mol. The van der Waals surface area contributed by atoms with Gasteiger partial charge in [-0.1, -0.05) is 93.8 Å². The van der Waals surface area contributed by atoms with Crippen molar-refractivity contribution in [2.24, 2.45) is 5.92 Å². The maximum absolute atomic E-state index is 13.9. The van der Waals surface area contributed by atoms with E-state index in [1.807, 2.05) is 53.2 Å². The van der Waals surface area contributed by atoms with Gasteiger partial charge in [-0.05, 0) is 68.7 Å². The van der Waals surface area contributed by atoms with Gasteiger partial charge in [-0.2, -0.15) is 0 Å². The quantitative estimate of drug-likeness (QED) is 0.0240. The molecule has 552 valence electrons. The Morgan fingerprint density at radius 3 is 1.84 bits per heavy atom. The van der Waals surface area contributed by atoms with Crippen LogP contribution in [-0.4, -0.2) is 229 Å². The number of hydrogen-bond donors (Lipinski definition) is 7. The van der Waals surface area contributed by atoms with Crippen LogP contribution in [0, 0.1) is 17.8 Å². The highest BCUT2D eigenvalue weighted by molar-refractivity contribution is 7.51. The van der Waals surface area contributed by atoms with Gasteiger partial charge in [0.1, 0.15) is 30.5 Å². The molecular formula is C69H106N9O20P. The summed E-state index contributed by atoms with van der Waals surface area (Å²) >= 11 is 0. The van der Waals surface area contributed by atoms with Crippen LogP contribution in [0.25, 0.3) is 0 Å². The summed E-state index contributed by atoms with van der Waals surface area (Å²) in [7, 11) is -4.06. The highest BCUT2D eigenvalue weighted by atomic mass is 31.2. The Morgan fingerprint density at radius 1 is 0.606 bits per heavy atom. The van der Waals surface area contributed by atoms with Crippen LogP contribution in [0.2, 0.25) is 0 Å². The molecule has 0 bridgehead atoms. The predicted octanol–water partition coefficient (Wildman–Crippen LogP) is 3.80. The van der Waals surface area contributed by atoms with Crippen molar-refractivity contribution in [2.75, 3.05) is 150 Å². The van der Waals surface area contributed by atoms with Crippen molar-refractivity contribution in [1.29, 1.82) is 0 Å². The van der Waals surface area contributed by atoms with E-state index in [2.05, 4.69) is 48.7 Å². The smallest absolute Gasteiger partial charge is 0.327 e. The number of unbranched alkanes of at least 4 members (excludes halogenated alkanes) is 2. The number of carbonyl (C=O) groups excluding carboxylic acids is 7. The number of amides is 6. The minimum absolute atomic E-state index is 0.0299. The van der Waals surface area contributed by atoms with Gasteiger partial charge in [0.15, 0.2) is 5.78 Å². The molecule has 0 saturated heterocycles. The Hall–Kier alpha value is -6.62. The number of carbonyl (C=O) groups is 7. The Kier molecular flexibility index (Phi) is 41.1. The molecule has 0 radical (unpaired) electrons. The number of para-hydroxylation sites is 1. The van der Waals surface area contributed by atoms with E-state index in [1.165, 1.54) is 0 Å². The van der Waals surface area contributed by atoms with Gasteiger partial charge in [-0.15, -0.1) is 5.10 Å². The second kappa shape index (κ2) is 49.0. The van der Waals surface area contributed by atoms with E-state index < -0.39 is 49.5 Å². The van der Waals surface area contributed by atoms with Gasteiger partial charge in [0.05, 0.1) is 156 Å². The zero-order chi connectivity index (χ0) is 71.3. The van der Waals surface area contributed by atoms with E-state index in [4.69, 9.17) is 57.2 Å². The van der Waals surface area contributed by atoms with Crippen molar-refractivity contribution in [3.63, 3.8) is 0 Å². The Labute approximate surface area is 581 Å². The number of ketones is 1. The van der Waals surface area contributed by atoms with Crippen molar-refractivity contribution in [2.45, 2.75) is 148 Å². The van der Waals surface area contributed by atoms with Crippen LogP contribution < -0.4 is 31.5 Å². The minimum Gasteiger partial charge on any atom is -0.379 e. The third-order valence-electron chi connectivity index (χ3n) is 15.9. The second-order valence-corrected chi connectivity index (χ2v) is 25.8. The third kappa shape index (κ3) is 34.5. The van der Waals surface area contributed by atoms with Gasteiger partial charge in [0.2, 0.25) is 35.4 Å². The molecule has 0 spiro atoms. The van der Waals surface area contributed by atoms with Crippen LogP contribution in [0.1, 0.15) is 139 Å². The molecular weight excluding hydrogens is 1310 g/mol. The lowest BCUT2D eigenvalue weighted by molar-refractivity contribution is -0.134. The second-order valence-electron chi connectivity index (χ2n) is 24.0. The molecule has 0 fully saturated rings. The summed E-state index contributed by atoms with van der Waals surface area (Å²) in [5, 5.41) is 22.9. The Balaban J connectivity index is 0.913. The summed E-state index contributed by atoms with van der Waals surface area (Å²) in [4.78, 5) is 111. The van der Waals surface area contributed by atoms with E-state index in [9.17, 15) is 38.1 Å². The molecule has 99 heavy (non-hydrogen) atoms. The number of hydrogen-bond acceptors (Lipinski definition) is 20. The normalized spacial score (nSPS) is 14.5. The number of anilines is 1. The number of fused-ring (bicyclic) bond motifs is 3. The van der Waals surface area contributed by atoms with Gasteiger partial charge in [-0.25, -0.2) is 4.68 Å². The van der Waals surface area contributed by atoms with E-state index in [1.54, 1.807) is 32.6 Å². The zero-order valence-electron chi connectivity index (χ0n) is 58.1. The highest BCUT2D eigenvalue weighted by Gasteiger charge is 2.31. The lowest BCUT2D eigenvalue weighted by Gasteiger charge is -2.26. The van der Waals surface area contributed by atoms with Gasteiger partial charge in [0, 0.05) is 49.9 Å². The minimum atomic E-state index is -4.06. The van der Waals surface area contributed by atoms with Gasteiger partial charge in [0.25, 0.3) is 0 Å². The van der Waals surface area contributed by atoms with Crippen LogP contribution in [0.3, 0.4) is 0 Å². The molecule has 1 unspecified atom stereocenters. The molecule has 1 aromatic heterocycles. The molecule has 30 heteroatoms. The lowest BCUT2D eigenvalue weighted by atomic mass is 9.99. The van der Waals surface area contributed by atoms with Gasteiger partial charge in [-0.3, -0.25) is 38.1 Å². The maximum Gasteiger partial charge on any atom is 0.327 e. The number of aromatic nitrogens is 3. The maximum atomic E-state index is 13.9. The molecule has 2 heterocycles. The fourth-order valence-corrected chi connectivity index (χ4v) is 10.8. The molecule has 0 saturated carbocycles. The van der Waals surface area contributed by atoms with Crippen molar-refractivity contribution in [3.05, 3.63) is 76.6 Å². The Bertz CT molecular complexity index is 3010. The first kappa shape index (κ1) is 83.0. The monoisotopic (exact) mass is 1410 g/mol. The summed E-state index contributed by atoms with van der Waals surface area (Å²) in [5.74, 6) is 3.72. The van der Waals surface area contributed by atoms with Crippen LogP contribution >= 0.6 is 7.60 Å². The number of benzene rings is 2. The summed E-state index contributed by atoms with van der Waals surface area (Å²) < 4.78 is 68.6. The van der Waals surface area contributed by atoms with Crippen LogP contribution in [0.15, 0.2) is 48.5 Å². The molecule has 5 rings (SSSR count). The number of nitrogens with one attached hydrogen (secondary N) is 5. The number of rotatable bonds is 53. The van der Waals surface area contributed by atoms with E-state index in [0.29, 0.717) is 125 Å². The molecule has 1 aliphatic carbocycles. The van der Waals surface area contributed by atoms with Crippen LogP contribution in [-0.2, 0) is 105 Å². The van der Waals surface area contributed by atoms with Crippen molar-refractivity contribution < 1.29 is 95.3 Å². The number of Topliss-reactive ketones (excluding diaryl/α,β-unsaturated/α-hetero) is 1. The molecule has 3 aromatic rings. The molecule has 1 aliphatic heterocycles. The Morgan fingerprint density at radius 2 is 1.19 bits per heavy atom. The molecule has 29 nitrogen and oxygen atoms in total. The fraction of sp³-hybridized carbons (Fsp3) is 0.667. The van der Waals surface area contributed by atoms with Crippen LogP contribution in [0.4, 0.5) is 5.69 Å². The lowest BCUT2D eigenvalue weighted by Crippen LogP contribution is -2.57. The van der Waals surface area contributed by atoms with Gasteiger partial charge >= 0.3 is 7.60 Å². The molecule has 4 atom stereocenters. The van der Waals surface area contributed by atoms with Crippen molar-refractivity contribution in [3.8, 4) is 11.8 Å². The summed E-state index contributed by atoms with van der Waals surface area (Å²) in [6, 6.07) is 12.5. The summed E-state index contributed by atoms with van der Waals surface area (Å²) in [6.45, 7) is 13.3. The van der Waals surface area contributed by atoms with E-state index in [0.717, 1.165) is 59.4 Å². The van der Waals surface area contributed by atoms with E-state index >= 15 is 0 Å². The average Bonchev–Trinajstić information content (AvgIpc) is 1.57. The zero-order valence-corrected chi connectivity index (χ0v) is 59.0. The largest absolute Gasteiger partial charge is 0.379 e. The first-order chi connectivity index (χ1) is 47.9. The van der Waals surface area contributed by atoms with Gasteiger partial charge < -0.3 is 88.6 Å². The number of ether oxygens (including phenoxy) is 10. The molecule has 7 N–H and O–H groups in total. The topological polar surface area (TPSA) is 363 Å². The van der Waals surface area contributed by atoms with Crippen molar-refractivity contribution in [1.82, 2.24) is 41.6 Å². The van der Waals surface area contributed by atoms with Crippen molar-refractivity contribution >= 4 is 54.5 Å². The third-order valence-corrected chi connectivity index (χ3v) is 16.7. The first-order valence-corrected chi connectivity index (χ1v) is 36.5. The molecule has 2 aliphatic rings. The standard InChI is InChI=1S/C69H106N9O20P/c1-5-60(79)53(4)72-69(85)66(52(2)3)74-68(84)57(73-63(81)27-31-89-34-37-92-40-41-93-38-35-90-32-29-71-62(80)25-26-65(83)77-50-56-18-12-11-16-54(56)23-24-55-17-13-14-20-58(55)77)19-8-7-15-28-70-64(82)51-98-61-22-10-6-9-21-59-67(61)75-76-78(59)30-33-91-36-39-94-42-43-95-44-45-96-46-47-97-48-49-99(86,87)88/h11-14,16-18,20,52-53,57,61,66H,5-10,15,19,21-22,25-51H2,1-4H3,(H,70,82)(H,71,80)(H,72,85)(H,73,81)(H,74,84)(H2,86,87,88)/t53-,57+,61?,66-/m0/s1. The van der Waals surface area contributed by atoms with Crippen LogP contribution in [0.5, 0.6) is 0 Å². The summed E-state index contributed by atoms with van der Waals surface area (Å²) in [5.41, 5.74) is 4.97. The summed E-state index contributed by atoms with van der Waals surface area (Å²) in [6.07, 6.45) is 5.84. The number of nitrogens with zero attached hydrogens (tertiary/aromatic N) is 4. The average molecular weight is 1410 g/mol. The van der Waals surface area contributed by atoms with E-state index in [-0.39, 0.29) is 120 Å². The highest BCUT2D eigenvalue weighted by Crippen LogP contribution is 2.33.